The van der Waals surface area contributed by atoms with Crippen LogP contribution in [0, 0.1) is 27.8 Å². The summed E-state index contributed by atoms with van der Waals surface area (Å²) in [7, 11) is 0. The predicted molar refractivity (Wildman–Crippen MR) is 57.2 cm³/mol. The first-order chi connectivity index (χ1) is 6.95. The van der Waals surface area contributed by atoms with Gasteiger partial charge in [0.2, 0.25) is 0 Å². The number of aliphatic hydroxyl groups excluding tert-OH is 2. The van der Waals surface area contributed by atoms with Crippen LogP contribution in [0.15, 0.2) is 24.3 Å². The standard InChI is InChI=1S/2C4H8O2.2H2O.2O.U/c2*1-2-3-4(5)6;;;;;/h2*2-6H,1H3;2*1H2;;;/p+2. The van der Waals surface area contributed by atoms with Crippen LogP contribution in [0.4, 0.5) is 0 Å². The van der Waals surface area contributed by atoms with E-state index in [9.17, 15) is 0 Å². The van der Waals surface area contributed by atoms with E-state index < -0.39 is 40.4 Å². The summed E-state index contributed by atoms with van der Waals surface area (Å²) < 4.78 is 17.2. The molecule has 9 heteroatoms. The quantitative estimate of drug-likeness (QED) is 0.194. The minimum atomic E-state index is -2.51. The molecule has 0 saturated heterocycles. The molecule has 0 aromatic rings. The Balaban J connectivity index is -0.0000000421. The van der Waals surface area contributed by atoms with Crippen LogP contribution in [0.2, 0.25) is 0 Å². The Labute approximate surface area is 114 Å². The molecule has 0 saturated carbocycles. The van der Waals surface area contributed by atoms with Gasteiger partial charge in [-0.05, 0) is 26.0 Å². The van der Waals surface area contributed by atoms with E-state index >= 15 is 0 Å². The topological polar surface area (TPSA) is 181 Å². The molecule has 0 radical (unpaired) electrons. The van der Waals surface area contributed by atoms with Crippen molar-refractivity contribution in [2.24, 2.45) is 0 Å². The van der Waals surface area contributed by atoms with Gasteiger partial charge in [0.25, 0.3) is 0 Å². The van der Waals surface area contributed by atoms with Crippen LogP contribution in [0.3, 0.4) is 0 Å². The van der Waals surface area contributed by atoms with Crippen molar-refractivity contribution in [3.63, 3.8) is 0 Å². The van der Waals surface area contributed by atoms with Gasteiger partial charge in [-0.15, -0.1) is 0 Å². The van der Waals surface area contributed by atoms with Crippen molar-refractivity contribution in [1.82, 2.24) is 0 Å². The summed E-state index contributed by atoms with van der Waals surface area (Å²) in [6.45, 7) is 3.44. The van der Waals surface area contributed by atoms with Crippen LogP contribution in [0.1, 0.15) is 13.8 Å². The molecule has 0 unspecified atom stereocenters. The van der Waals surface area contributed by atoms with E-state index in [1.807, 2.05) is 0 Å². The Kier molecular flexibility index (Phi) is 52.7. The van der Waals surface area contributed by atoms with Gasteiger partial charge in [-0.25, -0.2) is 0 Å². The van der Waals surface area contributed by atoms with E-state index in [0.717, 1.165) is 0 Å². The summed E-state index contributed by atoms with van der Waals surface area (Å²) in [5.74, 6) is 0. The van der Waals surface area contributed by atoms with E-state index in [2.05, 4.69) is 0 Å². The zero-order valence-electron chi connectivity index (χ0n) is 9.72. The Morgan fingerprint density at radius 1 is 0.824 bits per heavy atom. The van der Waals surface area contributed by atoms with Crippen LogP contribution < -0.4 is 0 Å². The summed E-state index contributed by atoms with van der Waals surface area (Å²) in [4.78, 5) is 0. The third-order valence-corrected chi connectivity index (χ3v) is 0.729. The van der Waals surface area contributed by atoms with Crippen LogP contribution >= 0.6 is 0 Å². The van der Waals surface area contributed by atoms with Crippen LogP contribution in [0.25, 0.3) is 0 Å². The molecular weight excluding hydrogens is 462 g/mol. The molecular formula is C8H22O8U+2. The van der Waals surface area contributed by atoms with Gasteiger partial charge in [0, 0.05) is 0 Å². The van der Waals surface area contributed by atoms with Crippen molar-refractivity contribution in [3.8, 4) is 0 Å². The van der Waals surface area contributed by atoms with Crippen molar-refractivity contribution in [3.05, 3.63) is 24.3 Å². The second-order valence-corrected chi connectivity index (χ2v) is 2.66. The van der Waals surface area contributed by atoms with Gasteiger partial charge in [0.15, 0.2) is 12.6 Å². The summed E-state index contributed by atoms with van der Waals surface area (Å²) in [6, 6.07) is 0. The van der Waals surface area contributed by atoms with Crippen molar-refractivity contribution < 1.29 is 63.7 Å². The first-order valence-electron chi connectivity index (χ1n) is 3.93. The monoisotopic (exact) mass is 484 g/mol. The van der Waals surface area contributed by atoms with Crippen molar-refractivity contribution in [1.29, 1.82) is 0 Å². The third-order valence-electron chi connectivity index (χ3n) is 0.729. The second-order valence-electron chi connectivity index (χ2n) is 1.96. The second kappa shape index (κ2) is 29.7. The fourth-order valence-electron chi connectivity index (χ4n) is 0.344. The zero-order chi connectivity index (χ0) is 12.7. The average molecular weight is 484 g/mol. The van der Waals surface area contributed by atoms with Gasteiger partial charge in [-0.1, -0.05) is 12.2 Å². The molecule has 10 N–H and O–H groups in total. The average Bonchev–Trinajstić information content (AvgIpc) is 2.05. The molecule has 0 atom stereocenters. The third kappa shape index (κ3) is 88.3. The molecule has 0 aliphatic carbocycles. The maximum atomic E-state index is 8.58. The van der Waals surface area contributed by atoms with Gasteiger partial charge in [-0.2, -0.15) is 0 Å². The van der Waals surface area contributed by atoms with Crippen molar-refractivity contribution in [2.75, 3.05) is 0 Å². The molecule has 0 spiro atoms. The number of hydrogen-bond donors (Lipinski definition) is 4. The van der Waals surface area contributed by atoms with E-state index in [1.165, 1.54) is 12.2 Å². The summed E-state index contributed by atoms with van der Waals surface area (Å²) in [5, 5.41) is 32.1. The zero-order valence-corrected chi connectivity index (χ0v) is 13.9. The van der Waals surface area contributed by atoms with Gasteiger partial charge in [0.1, 0.15) is 0 Å². The Morgan fingerprint density at radius 3 is 1.00 bits per heavy atom. The predicted octanol–water partition coefficient (Wildman–Crippen LogP) is -2.34. The van der Waals surface area contributed by atoms with E-state index in [4.69, 9.17) is 24.9 Å². The molecule has 0 aliphatic heterocycles. The van der Waals surface area contributed by atoms with Crippen LogP contribution in [-0.2, 0) is 15.4 Å². The van der Waals surface area contributed by atoms with E-state index in [-0.39, 0.29) is 11.0 Å². The number of allylic oxidation sites excluding steroid dienone is 2. The number of rotatable bonds is 2. The van der Waals surface area contributed by atoms with Crippen molar-refractivity contribution in [2.45, 2.75) is 26.4 Å². The van der Waals surface area contributed by atoms with Gasteiger partial charge >= 0.3 is 32.3 Å². The summed E-state index contributed by atoms with van der Waals surface area (Å²) >= 11 is -2.51. The molecule has 17 heavy (non-hydrogen) atoms. The molecule has 104 valence electrons. The van der Waals surface area contributed by atoms with Gasteiger partial charge < -0.3 is 31.4 Å². The van der Waals surface area contributed by atoms with E-state index in [1.54, 1.807) is 26.0 Å². The first-order valence-corrected chi connectivity index (χ1v) is 7.33. The molecule has 0 bridgehead atoms. The molecule has 0 aromatic carbocycles. The Morgan fingerprint density at radius 2 is 1.00 bits per heavy atom. The fourth-order valence-corrected chi connectivity index (χ4v) is 0.344. The molecule has 0 fully saturated rings. The molecule has 0 aliphatic rings. The van der Waals surface area contributed by atoms with Gasteiger partial charge in [-0.3, -0.25) is 0 Å². The molecule has 0 amide bonds. The van der Waals surface area contributed by atoms with Gasteiger partial charge in [0.05, 0.1) is 0 Å². The molecule has 0 rings (SSSR count). The van der Waals surface area contributed by atoms with Crippen LogP contribution in [-0.4, -0.2) is 33.0 Å². The number of hydrogen-bond acceptors (Lipinski definition) is 6. The Bertz CT molecular complexity index is 180. The minimum absolute atomic E-state index is 0. The normalized spacial score (nSPS) is 8.47. The van der Waals surface area contributed by atoms with Crippen molar-refractivity contribution >= 4 is 0 Å². The number of aliphatic hydroxyl groups is 4. The molecule has 8 nitrogen and oxygen atoms in total. The molecule has 0 aromatic heterocycles. The summed E-state index contributed by atoms with van der Waals surface area (Å²) in [6.07, 6.45) is 3.14. The SMILES string of the molecule is CC=CC(O)O.CC=CC(O)O.[OH3+].[OH3+].[O]=[U]=[O]. The fraction of sp³-hybridized carbons (Fsp3) is 0.500. The van der Waals surface area contributed by atoms with E-state index in [0.29, 0.717) is 0 Å². The molecule has 0 heterocycles. The maximum absolute atomic E-state index is 8.58. The Hall–Kier alpha value is -0.108. The van der Waals surface area contributed by atoms with Crippen LogP contribution in [0.5, 0.6) is 0 Å². The summed E-state index contributed by atoms with van der Waals surface area (Å²) in [5.41, 5.74) is 0. The first kappa shape index (κ1) is 30.2.